The Balaban J connectivity index is 1.60. The lowest BCUT2D eigenvalue weighted by Gasteiger charge is -2.34. The second-order valence-corrected chi connectivity index (χ2v) is 5.55. The Kier molecular flexibility index (Phi) is 3.57. The van der Waals surface area contributed by atoms with Gasteiger partial charge >= 0.3 is 0 Å². The van der Waals surface area contributed by atoms with Crippen molar-refractivity contribution in [2.45, 2.75) is 0 Å². The third-order valence-corrected chi connectivity index (χ3v) is 4.15. The average molecular weight is 306 g/mol. The number of amides is 2. The number of carbonyl (C=O) groups is 2. The standard InChI is InChI=1S/C12H14N6O2S/c13-12-14-9(15-16-12)11(20)18-5-3-17(4-6-18)10(19)8-2-1-7-21-8/h1-2,7H,3-6H2,(H3,13,14,15,16). The summed E-state index contributed by atoms with van der Waals surface area (Å²) in [7, 11) is 0. The fourth-order valence-corrected chi connectivity index (χ4v) is 2.88. The predicted octanol–water partition coefficient (Wildman–Crippen LogP) is 0.0466. The van der Waals surface area contributed by atoms with Gasteiger partial charge in [-0.15, -0.1) is 16.4 Å². The summed E-state index contributed by atoms with van der Waals surface area (Å²) in [5, 5.41) is 8.02. The normalized spacial score (nSPS) is 15.2. The Morgan fingerprint density at radius 3 is 2.38 bits per heavy atom. The summed E-state index contributed by atoms with van der Waals surface area (Å²) >= 11 is 1.42. The van der Waals surface area contributed by atoms with Gasteiger partial charge in [-0.25, -0.2) is 0 Å². The maximum absolute atomic E-state index is 12.2. The minimum Gasteiger partial charge on any atom is -0.366 e. The molecule has 0 aromatic carbocycles. The van der Waals surface area contributed by atoms with Gasteiger partial charge in [-0.1, -0.05) is 6.07 Å². The number of aromatic amines is 1. The van der Waals surface area contributed by atoms with Crippen LogP contribution in [0, 0.1) is 0 Å². The summed E-state index contributed by atoms with van der Waals surface area (Å²) in [5.41, 5.74) is 5.39. The highest BCUT2D eigenvalue weighted by atomic mass is 32.1. The third-order valence-electron chi connectivity index (χ3n) is 3.29. The molecular weight excluding hydrogens is 292 g/mol. The Morgan fingerprint density at radius 1 is 1.19 bits per heavy atom. The number of thiophene rings is 1. The summed E-state index contributed by atoms with van der Waals surface area (Å²) < 4.78 is 0. The van der Waals surface area contributed by atoms with Crippen molar-refractivity contribution in [1.82, 2.24) is 25.0 Å². The molecule has 21 heavy (non-hydrogen) atoms. The Bertz CT molecular complexity index is 645. The van der Waals surface area contributed by atoms with E-state index in [0.717, 1.165) is 4.88 Å². The number of nitrogen functional groups attached to an aromatic ring is 1. The highest BCUT2D eigenvalue weighted by Crippen LogP contribution is 2.14. The molecule has 3 rings (SSSR count). The maximum Gasteiger partial charge on any atom is 0.291 e. The number of nitrogens with two attached hydrogens (primary N) is 1. The molecule has 0 spiro atoms. The lowest BCUT2D eigenvalue weighted by atomic mass is 10.3. The Hall–Kier alpha value is -2.42. The van der Waals surface area contributed by atoms with E-state index in [2.05, 4.69) is 15.2 Å². The van der Waals surface area contributed by atoms with Crippen molar-refractivity contribution < 1.29 is 9.59 Å². The summed E-state index contributed by atoms with van der Waals surface area (Å²) in [4.78, 5) is 32.3. The molecule has 3 heterocycles. The Morgan fingerprint density at radius 2 is 1.86 bits per heavy atom. The SMILES string of the molecule is Nc1n[nH]c(C(=O)N2CCN(C(=O)c3cccs3)CC2)n1. The summed E-state index contributed by atoms with van der Waals surface area (Å²) in [6.07, 6.45) is 0. The topological polar surface area (TPSA) is 108 Å². The molecular formula is C12H14N6O2S. The van der Waals surface area contributed by atoms with E-state index in [0.29, 0.717) is 26.2 Å². The van der Waals surface area contributed by atoms with E-state index in [-0.39, 0.29) is 23.6 Å². The molecule has 1 saturated heterocycles. The molecule has 2 aromatic heterocycles. The van der Waals surface area contributed by atoms with E-state index in [9.17, 15) is 9.59 Å². The van der Waals surface area contributed by atoms with E-state index in [1.807, 2.05) is 17.5 Å². The second kappa shape index (κ2) is 5.52. The van der Waals surface area contributed by atoms with E-state index >= 15 is 0 Å². The van der Waals surface area contributed by atoms with Crippen LogP contribution >= 0.6 is 11.3 Å². The molecule has 1 aliphatic heterocycles. The summed E-state index contributed by atoms with van der Waals surface area (Å²) in [5.74, 6) is -0.0566. The minimum atomic E-state index is -0.248. The van der Waals surface area contributed by atoms with Crippen molar-refractivity contribution in [1.29, 1.82) is 0 Å². The fourth-order valence-electron chi connectivity index (χ4n) is 2.19. The molecule has 0 saturated carbocycles. The molecule has 0 aliphatic carbocycles. The van der Waals surface area contributed by atoms with Crippen LogP contribution in [0.5, 0.6) is 0 Å². The van der Waals surface area contributed by atoms with Crippen LogP contribution in [0.15, 0.2) is 17.5 Å². The van der Waals surface area contributed by atoms with Crippen LogP contribution in [0.3, 0.4) is 0 Å². The van der Waals surface area contributed by atoms with Gasteiger partial charge in [-0.3, -0.25) is 14.7 Å². The Labute approximate surface area is 124 Å². The first-order valence-corrected chi connectivity index (χ1v) is 7.33. The molecule has 1 fully saturated rings. The number of hydrogen-bond acceptors (Lipinski definition) is 6. The molecule has 1 aliphatic rings. The van der Waals surface area contributed by atoms with Gasteiger partial charge in [0.05, 0.1) is 4.88 Å². The van der Waals surface area contributed by atoms with Crippen LogP contribution in [0.1, 0.15) is 20.3 Å². The van der Waals surface area contributed by atoms with Crippen LogP contribution in [0.2, 0.25) is 0 Å². The quantitative estimate of drug-likeness (QED) is 0.815. The number of rotatable bonds is 2. The predicted molar refractivity (Wildman–Crippen MR) is 76.9 cm³/mol. The second-order valence-electron chi connectivity index (χ2n) is 4.60. The zero-order valence-electron chi connectivity index (χ0n) is 11.2. The van der Waals surface area contributed by atoms with Crippen molar-refractivity contribution in [2.24, 2.45) is 0 Å². The number of anilines is 1. The van der Waals surface area contributed by atoms with Crippen LogP contribution in [-0.2, 0) is 0 Å². The fraction of sp³-hybridized carbons (Fsp3) is 0.333. The van der Waals surface area contributed by atoms with Gasteiger partial charge in [0.2, 0.25) is 11.8 Å². The molecule has 8 nitrogen and oxygen atoms in total. The zero-order valence-corrected chi connectivity index (χ0v) is 12.0. The number of nitrogens with zero attached hydrogens (tertiary/aromatic N) is 4. The van der Waals surface area contributed by atoms with E-state index in [1.54, 1.807) is 9.80 Å². The molecule has 2 amide bonds. The van der Waals surface area contributed by atoms with Gasteiger partial charge in [0.25, 0.3) is 11.8 Å². The highest BCUT2D eigenvalue weighted by molar-refractivity contribution is 7.12. The van der Waals surface area contributed by atoms with Gasteiger partial charge in [-0.2, -0.15) is 4.98 Å². The van der Waals surface area contributed by atoms with Crippen molar-refractivity contribution in [3.05, 3.63) is 28.2 Å². The molecule has 0 radical (unpaired) electrons. The van der Waals surface area contributed by atoms with Gasteiger partial charge in [-0.05, 0) is 11.4 Å². The third kappa shape index (κ3) is 2.72. The molecule has 0 atom stereocenters. The maximum atomic E-state index is 12.2. The van der Waals surface area contributed by atoms with E-state index in [1.165, 1.54) is 11.3 Å². The number of H-pyrrole nitrogens is 1. The number of piperazine rings is 1. The van der Waals surface area contributed by atoms with Gasteiger partial charge in [0.1, 0.15) is 0 Å². The van der Waals surface area contributed by atoms with Crippen molar-refractivity contribution in [3.8, 4) is 0 Å². The highest BCUT2D eigenvalue weighted by Gasteiger charge is 2.27. The largest absolute Gasteiger partial charge is 0.366 e. The molecule has 0 bridgehead atoms. The summed E-state index contributed by atoms with van der Waals surface area (Å²) in [6, 6.07) is 3.66. The van der Waals surface area contributed by atoms with Gasteiger partial charge < -0.3 is 15.5 Å². The van der Waals surface area contributed by atoms with Crippen molar-refractivity contribution in [2.75, 3.05) is 31.9 Å². The first kappa shape index (κ1) is 13.6. The minimum absolute atomic E-state index is 0.0148. The van der Waals surface area contributed by atoms with Crippen molar-refractivity contribution in [3.63, 3.8) is 0 Å². The number of carbonyl (C=O) groups excluding carboxylic acids is 2. The van der Waals surface area contributed by atoms with E-state index in [4.69, 9.17) is 5.73 Å². The van der Waals surface area contributed by atoms with Crippen molar-refractivity contribution >= 4 is 29.1 Å². The monoisotopic (exact) mass is 306 g/mol. The molecule has 3 N–H and O–H groups in total. The van der Waals surface area contributed by atoms with Crippen LogP contribution in [0.4, 0.5) is 5.95 Å². The number of aromatic nitrogens is 3. The van der Waals surface area contributed by atoms with Crippen LogP contribution < -0.4 is 5.73 Å². The first-order chi connectivity index (χ1) is 10.1. The van der Waals surface area contributed by atoms with Gasteiger partial charge in [0, 0.05) is 26.2 Å². The van der Waals surface area contributed by atoms with Gasteiger partial charge in [0.15, 0.2) is 0 Å². The van der Waals surface area contributed by atoms with Crippen LogP contribution in [-0.4, -0.2) is 63.0 Å². The first-order valence-electron chi connectivity index (χ1n) is 6.45. The lowest BCUT2D eigenvalue weighted by Crippen LogP contribution is -2.50. The molecule has 2 aromatic rings. The lowest BCUT2D eigenvalue weighted by molar-refractivity contribution is 0.0531. The number of hydrogen-bond donors (Lipinski definition) is 2. The zero-order chi connectivity index (χ0) is 14.8. The van der Waals surface area contributed by atoms with E-state index < -0.39 is 0 Å². The summed E-state index contributed by atoms with van der Waals surface area (Å²) in [6.45, 7) is 1.95. The average Bonchev–Trinajstić information content (AvgIpc) is 3.17. The number of nitrogens with one attached hydrogen (secondary N) is 1. The molecule has 9 heteroatoms. The van der Waals surface area contributed by atoms with Crippen LogP contribution in [0.25, 0.3) is 0 Å². The molecule has 110 valence electrons. The smallest absolute Gasteiger partial charge is 0.291 e. The molecule has 0 unspecified atom stereocenters.